The molecule has 0 spiro atoms. The third-order valence-corrected chi connectivity index (χ3v) is 6.96. The van der Waals surface area contributed by atoms with Crippen LogP contribution in [0.25, 0.3) is 0 Å². The van der Waals surface area contributed by atoms with Crippen molar-refractivity contribution in [2.75, 3.05) is 0 Å². The highest BCUT2D eigenvalue weighted by atomic mass is 35.5. The summed E-state index contributed by atoms with van der Waals surface area (Å²) in [6, 6.07) is 17.2. The van der Waals surface area contributed by atoms with Gasteiger partial charge < -0.3 is 0 Å². The molecule has 2 bridgehead atoms. The van der Waals surface area contributed by atoms with Gasteiger partial charge in [0.1, 0.15) is 0 Å². The maximum Gasteiger partial charge on any atom is 0.0646 e. The molecule has 0 amide bonds. The Morgan fingerprint density at radius 3 is 1.15 bits per heavy atom. The van der Waals surface area contributed by atoms with Crippen LogP contribution in [0.15, 0.2) is 48.5 Å². The zero-order valence-electron chi connectivity index (χ0n) is 11.5. The van der Waals surface area contributed by atoms with Gasteiger partial charge in [0, 0.05) is 10.8 Å². The minimum atomic E-state index is -0.209. The lowest BCUT2D eigenvalue weighted by Gasteiger charge is -2.58. The number of rotatable bonds is 0. The van der Waals surface area contributed by atoms with Crippen molar-refractivity contribution in [2.24, 2.45) is 0 Å². The van der Waals surface area contributed by atoms with Crippen molar-refractivity contribution in [3.05, 3.63) is 70.8 Å². The van der Waals surface area contributed by atoms with Gasteiger partial charge in [-0.2, -0.15) is 0 Å². The van der Waals surface area contributed by atoms with Gasteiger partial charge in [0.05, 0.1) is 10.8 Å². The fourth-order valence-corrected chi connectivity index (χ4v) is 5.22. The third-order valence-electron chi connectivity index (χ3n) is 5.45. The van der Waals surface area contributed by atoms with E-state index in [9.17, 15) is 0 Å². The molecule has 0 aromatic heterocycles. The highest BCUT2D eigenvalue weighted by molar-refractivity contribution is 6.32. The summed E-state index contributed by atoms with van der Waals surface area (Å²) in [5.74, 6) is 0. The van der Waals surface area contributed by atoms with Crippen molar-refractivity contribution in [3.8, 4) is 0 Å². The van der Waals surface area contributed by atoms with E-state index in [-0.39, 0.29) is 21.6 Å². The van der Waals surface area contributed by atoms with Crippen molar-refractivity contribution >= 4 is 23.2 Å². The van der Waals surface area contributed by atoms with E-state index >= 15 is 0 Å². The summed E-state index contributed by atoms with van der Waals surface area (Å²) < 4.78 is 0. The first-order valence-electron chi connectivity index (χ1n) is 7.00. The molecule has 0 heterocycles. The minimum Gasteiger partial charge on any atom is -0.120 e. The molecule has 0 aliphatic heterocycles. The van der Waals surface area contributed by atoms with Gasteiger partial charge in [0.2, 0.25) is 0 Å². The zero-order valence-corrected chi connectivity index (χ0v) is 13.0. The molecule has 2 atom stereocenters. The molecule has 3 aliphatic rings. The van der Waals surface area contributed by atoms with Crippen LogP contribution in [-0.4, -0.2) is 10.8 Å². The Balaban J connectivity index is 2.20. The molecule has 0 saturated heterocycles. The highest BCUT2D eigenvalue weighted by Gasteiger charge is 2.60. The van der Waals surface area contributed by atoms with Crippen LogP contribution in [0.2, 0.25) is 0 Å². The van der Waals surface area contributed by atoms with Crippen LogP contribution in [0, 0.1) is 0 Å². The predicted octanol–water partition coefficient (Wildman–Crippen LogP) is 4.84. The maximum absolute atomic E-state index is 6.82. The van der Waals surface area contributed by atoms with E-state index < -0.39 is 0 Å². The van der Waals surface area contributed by atoms with E-state index in [4.69, 9.17) is 23.2 Å². The lowest BCUT2D eigenvalue weighted by molar-refractivity contribution is 0.340. The van der Waals surface area contributed by atoms with Gasteiger partial charge in [0.25, 0.3) is 0 Å². The molecule has 0 nitrogen and oxygen atoms in total. The van der Waals surface area contributed by atoms with Gasteiger partial charge >= 0.3 is 0 Å². The first kappa shape index (κ1) is 12.7. The van der Waals surface area contributed by atoms with Crippen LogP contribution in [0.3, 0.4) is 0 Å². The Kier molecular flexibility index (Phi) is 2.43. The topological polar surface area (TPSA) is 0 Å². The van der Waals surface area contributed by atoms with Crippen molar-refractivity contribution in [1.29, 1.82) is 0 Å². The molecule has 0 N–H and O–H groups in total. The van der Waals surface area contributed by atoms with Gasteiger partial charge in [-0.15, -0.1) is 23.2 Å². The fourth-order valence-electron chi connectivity index (χ4n) is 4.25. The second-order valence-corrected chi connectivity index (χ2v) is 7.24. The molecule has 2 aromatic carbocycles. The summed E-state index contributed by atoms with van der Waals surface area (Å²) in [5, 5.41) is -0.196. The van der Waals surface area contributed by atoms with Crippen molar-refractivity contribution in [1.82, 2.24) is 0 Å². The van der Waals surface area contributed by atoms with E-state index in [1.165, 1.54) is 22.3 Å². The number of hydrogen-bond acceptors (Lipinski definition) is 0. The molecule has 20 heavy (non-hydrogen) atoms. The Hall–Kier alpha value is -0.980. The minimum absolute atomic E-state index is 0.0982. The molecule has 2 aromatic rings. The fraction of sp³-hybridized carbons (Fsp3) is 0.333. The molecule has 0 radical (unpaired) electrons. The molecule has 0 fully saturated rings. The molecule has 102 valence electrons. The average Bonchev–Trinajstić information content (AvgIpc) is 2.50. The zero-order chi connectivity index (χ0) is 14.1. The second-order valence-electron chi connectivity index (χ2n) is 6.30. The first-order valence-corrected chi connectivity index (χ1v) is 7.87. The van der Waals surface area contributed by atoms with E-state index in [1.54, 1.807) is 0 Å². The quantitative estimate of drug-likeness (QED) is 0.611. The molecular weight excluding hydrogens is 287 g/mol. The van der Waals surface area contributed by atoms with E-state index in [2.05, 4.69) is 62.4 Å². The third kappa shape index (κ3) is 1.17. The van der Waals surface area contributed by atoms with Crippen LogP contribution < -0.4 is 0 Å². The number of fused-ring (bicyclic) bond motifs is 1. The Bertz CT molecular complexity index is 597. The Morgan fingerprint density at radius 1 is 0.650 bits per heavy atom. The number of benzene rings is 2. The lowest BCUT2D eigenvalue weighted by atomic mass is 9.50. The average molecular weight is 303 g/mol. The molecule has 0 saturated carbocycles. The number of alkyl halides is 2. The Morgan fingerprint density at radius 2 is 0.900 bits per heavy atom. The van der Waals surface area contributed by atoms with Crippen molar-refractivity contribution in [2.45, 2.75) is 35.4 Å². The first-order chi connectivity index (χ1) is 9.52. The van der Waals surface area contributed by atoms with E-state index in [1.807, 2.05) is 0 Å². The summed E-state index contributed by atoms with van der Waals surface area (Å²) in [7, 11) is 0. The predicted molar refractivity (Wildman–Crippen MR) is 85.1 cm³/mol. The van der Waals surface area contributed by atoms with Gasteiger partial charge in [0.15, 0.2) is 0 Å². The number of hydrogen-bond donors (Lipinski definition) is 0. The highest BCUT2D eigenvalue weighted by Crippen LogP contribution is 2.61. The summed E-state index contributed by atoms with van der Waals surface area (Å²) in [6.45, 7) is 4.47. The molecule has 3 aliphatic carbocycles. The van der Waals surface area contributed by atoms with Gasteiger partial charge in [-0.25, -0.2) is 0 Å². The second kappa shape index (κ2) is 3.81. The Labute approximate surface area is 129 Å². The number of halogens is 2. The SMILES string of the molecule is CC12c3ccccc3C(C)(c3ccccc31)[C@@H](Cl)[C@H]2Cl. The summed E-state index contributed by atoms with van der Waals surface area (Å²) in [4.78, 5) is 0. The van der Waals surface area contributed by atoms with E-state index in [0.717, 1.165) is 0 Å². The van der Waals surface area contributed by atoms with Crippen molar-refractivity contribution < 1.29 is 0 Å². The van der Waals surface area contributed by atoms with Crippen LogP contribution in [0.4, 0.5) is 0 Å². The van der Waals surface area contributed by atoms with Crippen LogP contribution in [0.5, 0.6) is 0 Å². The molecular formula is C18H16Cl2. The maximum atomic E-state index is 6.82. The summed E-state index contributed by atoms with van der Waals surface area (Å²) in [6.07, 6.45) is 0. The van der Waals surface area contributed by atoms with Crippen LogP contribution >= 0.6 is 23.2 Å². The molecule has 2 heteroatoms. The van der Waals surface area contributed by atoms with Gasteiger partial charge in [-0.05, 0) is 36.1 Å². The van der Waals surface area contributed by atoms with E-state index in [0.29, 0.717) is 0 Å². The van der Waals surface area contributed by atoms with Crippen LogP contribution in [0.1, 0.15) is 36.1 Å². The summed E-state index contributed by atoms with van der Waals surface area (Å²) in [5.41, 5.74) is 4.91. The summed E-state index contributed by atoms with van der Waals surface area (Å²) >= 11 is 13.6. The molecule has 5 rings (SSSR count). The standard InChI is InChI=1S/C18H16Cl2/c1-17-11-7-3-5-9-13(11)18(2,16(20)15(17)19)14-10-6-4-8-12(14)17/h3-10,15-16H,1-2H3/t15-,16+,17?,18?. The monoisotopic (exact) mass is 302 g/mol. The van der Waals surface area contributed by atoms with Gasteiger partial charge in [-0.1, -0.05) is 48.5 Å². The molecule has 0 unspecified atom stereocenters. The smallest absolute Gasteiger partial charge is 0.0646 e. The van der Waals surface area contributed by atoms with Crippen molar-refractivity contribution in [3.63, 3.8) is 0 Å². The van der Waals surface area contributed by atoms with Crippen LogP contribution in [-0.2, 0) is 10.8 Å². The normalized spacial score (nSPS) is 37.4. The lowest BCUT2D eigenvalue weighted by Crippen LogP contribution is -2.60. The van der Waals surface area contributed by atoms with Gasteiger partial charge in [-0.3, -0.25) is 0 Å². The largest absolute Gasteiger partial charge is 0.120 e.